The van der Waals surface area contributed by atoms with E-state index in [0.717, 1.165) is 6.08 Å². The van der Waals surface area contributed by atoms with Crippen molar-refractivity contribution in [1.29, 1.82) is 0 Å². The van der Waals surface area contributed by atoms with Crippen LogP contribution in [0.5, 0.6) is 11.5 Å². The first-order valence-corrected chi connectivity index (χ1v) is 4.28. The Morgan fingerprint density at radius 3 is 2.60 bits per heavy atom. The Morgan fingerprint density at radius 2 is 2.07 bits per heavy atom. The molecule has 0 spiro atoms. The number of rotatable bonds is 4. The van der Waals surface area contributed by atoms with Gasteiger partial charge in [-0.2, -0.15) is 0 Å². The summed E-state index contributed by atoms with van der Waals surface area (Å²) in [6.45, 7) is 0. The van der Waals surface area contributed by atoms with Gasteiger partial charge in [0.25, 0.3) is 0 Å². The van der Waals surface area contributed by atoms with Crippen molar-refractivity contribution >= 4 is 12.0 Å². The second-order valence-corrected chi connectivity index (χ2v) is 2.76. The molecule has 1 rings (SSSR count). The average Bonchev–Trinajstić information content (AvgIpc) is 2.25. The topological polar surface area (TPSA) is 58.6 Å². The minimum Gasteiger partial charge on any atom is -0.545 e. The van der Waals surface area contributed by atoms with E-state index in [1.54, 1.807) is 25.3 Å². The molecule has 0 aliphatic rings. The van der Waals surface area contributed by atoms with Crippen LogP contribution in [0.4, 0.5) is 0 Å². The number of benzene rings is 1. The molecule has 0 aromatic heterocycles. The van der Waals surface area contributed by atoms with Gasteiger partial charge in [0.15, 0.2) is 0 Å². The monoisotopic (exact) mass is 207 g/mol. The van der Waals surface area contributed by atoms with Gasteiger partial charge in [0.1, 0.15) is 11.5 Å². The molecule has 0 aliphatic heterocycles. The summed E-state index contributed by atoms with van der Waals surface area (Å²) in [5, 5.41) is 10.2. The van der Waals surface area contributed by atoms with Crippen LogP contribution in [-0.4, -0.2) is 20.2 Å². The van der Waals surface area contributed by atoms with Gasteiger partial charge in [0.05, 0.1) is 20.2 Å². The van der Waals surface area contributed by atoms with Crippen LogP contribution in [0.2, 0.25) is 0 Å². The number of hydrogen-bond acceptors (Lipinski definition) is 4. The summed E-state index contributed by atoms with van der Waals surface area (Å²) in [4.78, 5) is 10.2. The predicted molar refractivity (Wildman–Crippen MR) is 53.6 cm³/mol. The summed E-state index contributed by atoms with van der Waals surface area (Å²) in [5.41, 5.74) is 0.655. The maximum atomic E-state index is 10.2. The molecule has 15 heavy (non-hydrogen) atoms. The quantitative estimate of drug-likeness (QED) is 0.673. The summed E-state index contributed by atoms with van der Waals surface area (Å²) in [7, 11) is 3.05. The second kappa shape index (κ2) is 5.05. The van der Waals surface area contributed by atoms with Gasteiger partial charge in [-0.3, -0.25) is 0 Å². The van der Waals surface area contributed by atoms with Crippen LogP contribution in [-0.2, 0) is 4.79 Å². The Hall–Kier alpha value is -1.97. The molecule has 1 aromatic carbocycles. The summed E-state index contributed by atoms with van der Waals surface area (Å²) < 4.78 is 10.1. The SMILES string of the molecule is COc1ccc(/C=C\C(=O)[O-])c(OC)c1. The van der Waals surface area contributed by atoms with E-state index in [-0.39, 0.29) is 0 Å². The number of carboxylic acids is 1. The molecule has 0 N–H and O–H groups in total. The molecular formula is C11H11O4-. The normalized spacial score (nSPS) is 10.3. The fraction of sp³-hybridized carbons (Fsp3) is 0.182. The number of aliphatic carboxylic acids is 1. The van der Waals surface area contributed by atoms with Gasteiger partial charge < -0.3 is 19.4 Å². The predicted octanol–water partition coefficient (Wildman–Crippen LogP) is 0.467. The van der Waals surface area contributed by atoms with E-state index in [1.807, 2.05) is 0 Å². The van der Waals surface area contributed by atoms with E-state index in [1.165, 1.54) is 13.2 Å². The van der Waals surface area contributed by atoms with Gasteiger partial charge in [0, 0.05) is 11.6 Å². The first-order valence-electron chi connectivity index (χ1n) is 4.28. The van der Waals surface area contributed by atoms with Gasteiger partial charge in [-0.1, -0.05) is 0 Å². The molecule has 0 fully saturated rings. The second-order valence-electron chi connectivity index (χ2n) is 2.76. The van der Waals surface area contributed by atoms with Crippen molar-refractivity contribution in [2.45, 2.75) is 0 Å². The Kier molecular flexibility index (Phi) is 3.74. The van der Waals surface area contributed by atoms with Gasteiger partial charge in [0.2, 0.25) is 0 Å². The third-order valence-corrected chi connectivity index (χ3v) is 1.84. The fourth-order valence-electron chi connectivity index (χ4n) is 1.11. The zero-order valence-electron chi connectivity index (χ0n) is 8.52. The lowest BCUT2D eigenvalue weighted by molar-refractivity contribution is -0.297. The Bertz CT molecular complexity index is 382. The van der Waals surface area contributed by atoms with Crippen molar-refractivity contribution in [1.82, 2.24) is 0 Å². The third-order valence-electron chi connectivity index (χ3n) is 1.84. The molecule has 0 bridgehead atoms. The number of hydrogen-bond donors (Lipinski definition) is 0. The van der Waals surface area contributed by atoms with Crippen molar-refractivity contribution in [3.63, 3.8) is 0 Å². The zero-order valence-corrected chi connectivity index (χ0v) is 8.52. The standard InChI is InChI=1S/C11H12O4/c1-14-9-5-3-8(4-6-11(12)13)10(7-9)15-2/h3-7H,1-2H3,(H,12,13)/p-1/b6-4-. The summed E-state index contributed by atoms with van der Waals surface area (Å²) in [6.07, 6.45) is 2.36. The van der Waals surface area contributed by atoms with Crippen LogP contribution in [0, 0.1) is 0 Å². The molecule has 0 aliphatic carbocycles. The molecule has 0 saturated carbocycles. The fourth-order valence-corrected chi connectivity index (χ4v) is 1.11. The Labute approximate surface area is 87.7 Å². The number of ether oxygens (including phenoxy) is 2. The Balaban J connectivity index is 3.02. The van der Waals surface area contributed by atoms with Crippen LogP contribution in [0.3, 0.4) is 0 Å². The summed E-state index contributed by atoms with van der Waals surface area (Å²) in [5.74, 6) is -0.0443. The van der Waals surface area contributed by atoms with Crippen LogP contribution >= 0.6 is 0 Å². The highest BCUT2D eigenvalue weighted by Crippen LogP contribution is 2.25. The Morgan fingerprint density at radius 1 is 1.33 bits per heavy atom. The van der Waals surface area contributed by atoms with E-state index < -0.39 is 5.97 Å². The van der Waals surface area contributed by atoms with Crippen molar-refractivity contribution in [2.75, 3.05) is 14.2 Å². The zero-order chi connectivity index (χ0) is 11.3. The molecule has 80 valence electrons. The highest BCUT2D eigenvalue weighted by Gasteiger charge is 2.01. The lowest BCUT2D eigenvalue weighted by atomic mass is 10.2. The minimum atomic E-state index is -1.24. The van der Waals surface area contributed by atoms with Crippen LogP contribution < -0.4 is 14.6 Å². The summed E-state index contributed by atoms with van der Waals surface area (Å²) >= 11 is 0. The van der Waals surface area contributed by atoms with Crippen LogP contribution in [0.1, 0.15) is 5.56 Å². The van der Waals surface area contributed by atoms with E-state index in [9.17, 15) is 9.90 Å². The first kappa shape index (κ1) is 11.1. The van der Waals surface area contributed by atoms with Crippen LogP contribution in [0.15, 0.2) is 24.3 Å². The molecule has 4 nitrogen and oxygen atoms in total. The number of carboxylic acid groups (broad SMARTS) is 1. The van der Waals surface area contributed by atoms with Gasteiger partial charge in [-0.05, 0) is 24.3 Å². The van der Waals surface area contributed by atoms with Crippen molar-refractivity contribution in [3.8, 4) is 11.5 Å². The molecular weight excluding hydrogens is 196 g/mol. The van der Waals surface area contributed by atoms with Crippen LogP contribution in [0.25, 0.3) is 6.08 Å². The molecule has 0 saturated heterocycles. The maximum absolute atomic E-state index is 10.2. The average molecular weight is 207 g/mol. The van der Waals surface area contributed by atoms with Crippen molar-refractivity contribution in [2.24, 2.45) is 0 Å². The van der Waals surface area contributed by atoms with Gasteiger partial charge in [-0.15, -0.1) is 0 Å². The molecule has 0 atom stereocenters. The van der Waals surface area contributed by atoms with Crippen molar-refractivity contribution < 1.29 is 19.4 Å². The van der Waals surface area contributed by atoms with E-state index in [4.69, 9.17) is 9.47 Å². The lowest BCUT2D eigenvalue weighted by Crippen LogP contribution is -2.18. The van der Waals surface area contributed by atoms with Crippen molar-refractivity contribution in [3.05, 3.63) is 29.8 Å². The number of carbonyl (C=O) groups is 1. The van der Waals surface area contributed by atoms with Gasteiger partial charge in [-0.25, -0.2) is 0 Å². The third kappa shape index (κ3) is 3.02. The lowest BCUT2D eigenvalue weighted by Gasteiger charge is -2.07. The maximum Gasteiger partial charge on any atom is 0.129 e. The molecule has 0 unspecified atom stereocenters. The van der Waals surface area contributed by atoms with E-state index >= 15 is 0 Å². The molecule has 0 heterocycles. The van der Waals surface area contributed by atoms with Gasteiger partial charge >= 0.3 is 0 Å². The molecule has 0 amide bonds. The summed E-state index contributed by atoms with van der Waals surface area (Å²) in [6, 6.07) is 5.10. The first-order chi connectivity index (χ1) is 7.17. The minimum absolute atomic E-state index is 0.548. The highest BCUT2D eigenvalue weighted by molar-refractivity contribution is 5.84. The molecule has 4 heteroatoms. The smallest absolute Gasteiger partial charge is 0.129 e. The van der Waals surface area contributed by atoms with E-state index in [0.29, 0.717) is 17.1 Å². The number of carbonyl (C=O) groups excluding carboxylic acids is 1. The molecule has 0 radical (unpaired) electrons. The number of methoxy groups -OCH3 is 2. The van der Waals surface area contributed by atoms with E-state index in [2.05, 4.69) is 0 Å². The highest BCUT2D eigenvalue weighted by atomic mass is 16.5. The largest absolute Gasteiger partial charge is 0.545 e. The molecule has 1 aromatic rings.